The van der Waals surface area contributed by atoms with Crippen molar-refractivity contribution in [2.75, 3.05) is 26.3 Å². The largest absolute Gasteiger partial charge is 0.381 e. The third kappa shape index (κ3) is 4.51. The lowest BCUT2D eigenvalue weighted by atomic mass is 9.90. The van der Waals surface area contributed by atoms with E-state index in [1.807, 2.05) is 0 Å². The Morgan fingerprint density at radius 3 is 2.87 bits per heavy atom. The lowest BCUT2D eigenvalue weighted by Crippen LogP contribution is -2.35. The van der Waals surface area contributed by atoms with Gasteiger partial charge in [-0.25, -0.2) is 0 Å². The lowest BCUT2D eigenvalue weighted by Gasteiger charge is -2.19. The number of hydrogen-bond acceptors (Lipinski definition) is 2. The second-order valence-corrected chi connectivity index (χ2v) is 5.09. The normalized spacial score (nSPS) is 27.3. The molecule has 0 spiro atoms. The fraction of sp³-hybridized carbons (Fsp3) is 0.909. The Labute approximate surface area is 92.3 Å². The third-order valence-electron chi connectivity index (χ3n) is 2.62. The van der Waals surface area contributed by atoms with Gasteiger partial charge in [0.05, 0.1) is 13.2 Å². The van der Waals surface area contributed by atoms with Gasteiger partial charge in [-0.15, -0.1) is 0 Å². The van der Waals surface area contributed by atoms with Gasteiger partial charge in [0, 0.05) is 18.6 Å². The highest BCUT2D eigenvalue weighted by Gasteiger charge is 2.29. The van der Waals surface area contributed by atoms with Crippen LogP contribution in [-0.2, 0) is 4.74 Å². The molecular formula is C11H23N3O. The van der Waals surface area contributed by atoms with Crippen molar-refractivity contribution in [3.8, 4) is 0 Å². The van der Waals surface area contributed by atoms with Gasteiger partial charge in [-0.05, 0) is 12.3 Å². The molecule has 0 amide bonds. The van der Waals surface area contributed by atoms with Gasteiger partial charge in [0.2, 0.25) is 0 Å². The molecule has 1 unspecified atom stereocenters. The van der Waals surface area contributed by atoms with Crippen molar-refractivity contribution >= 4 is 5.96 Å². The van der Waals surface area contributed by atoms with Gasteiger partial charge in [0.25, 0.3) is 0 Å². The average Bonchev–Trinajstić information content (AvgIpc) is 2.60. The molecule has 0 aliphatic carbocycles. The van der Waals surface area contributed by atoms with Crippen LogP contribution in [0.4, 0.5) is 0 Å². The molecule has 0 radical (unpaired) electrons. The summed E-state index contributed by atoms with van der Waals surface area (Å²) in [6, 6.07) is 0. The maximum atomic E-state index is 5.76. The molecule has 1 saturated heterocycles. The van der Waals surface area contributed by atoms with Gasteiger partial charge in [-0.1, -0.05) is 20.8 Å². The molecule has 0 saturated carbocycles. The van der Waals surface area contributed by atoms with Crippen LogP contribution < -0.4 is 11.1 Å². The van der Waals surface area contributed by atoms with E-state index in [0.717, 1.165) is 32.7 Å². The zero-order valence-corrected chi connectivity index (χ0v) is 10.0. The molecular weight excluding hydrogens is 190 g/mol. The number of ether oxygens (including phenoxy) is 1. The van der Waals surface area contributed by atoms with Crippen LogP contribution in [0.3, 0.4) is 0 Å². The number of aliphatic imine (C=N–C) groups is 1. The van der Waals surface area contributed by atoms with E-state index < -0.39 is 0 Å². The predicted octanol–water partition coefficient (Wildman–Crippen LogP) is 0.973. The van der Waals surface area contributed by atoms with E-state index in [1.165, 1.54) is 0 Å². The van der Waals surface area contributed by atoms with Crippen LogP contribution in [0.25, 0.3) is 0 Å². The fourth-order valence-electron chi connectivity index (χ4n) is 1.47. The van der Waals surface area contributed by atoms with E-state index >= 15 is 0 Å². The van der Waals surface area contributed by atoms with Crippen molar-refractivity contribution in [3.05, 3.63) is 0 Å². The van der Waals surface area contributed by atoms with E-state index in [1.54, 1.807) is 0 Å². The smallest absolute Gasteiger partial charge is 0.188 e. The molecule has 0 aromatic rings. The summed E-state index contributed by atoms with van der Waals surface area (Å²) in [5, 5.41) is 3.11. The van der Waals surface area contributed by atoms with E-state index in [2.05, 4.69) is 31.1 Å². The highest BCUT2D eigenvalue weighted by molar-refractivity contribution is 5.77. The molecule has 1 fully saturated rings. The number of nitrogens with two attached hydrogens (primary N) is 1. The van der Waals surface area contributed by atoms with Gasteiger partial charge in [-0.2, -0.15) is 0 Å². The van der Waals surface area contributed by atoms with Crippen molar-refractivity contribution in [2.45, 2.75) is 27.2 Å². The van der Waals surface area contributed by atoms with E-state index in [9.17, 15) is 0 Å². The predicted molar refractivity (Wildman–Crippen MR) is 62.9 cm³/mol. The Kier molecular flexibility index (Phi) is 4.39. The van der Waals surface area contributed by atoms with E-state index in [-0.39, 0.29) is 5.41 Å². The zero-order valence-electron chi connectivity index (χ0n) is 10.0. The van der Waals surface area contributed by atoms with Crippen molar-refractivity contribution in [3.63, 3.8) is 0 Å². The van der Waals surface area contributed by atoms with Gasteiger partial charge in [0.15, 0.2) is 5.96 Å². The topological polar surface area (TPSA) is 59.6 Å². The molecule has 0 aromatic heterocycles. The van der Waals surface area contributed by atoms with Gasteiger partial charge < -0.3 is 15.8 Å². The Morgan fingerprint density at radius 1 is 1.60 bits per heavy atom. The number of rotatable bonds is 4. The number of nitrogens with one attached hydrogen (secondary N) is 1. The van der Waals surface area contributed by atoms with Crippen molar-refractivity contribution in [2.24, 2.45) is 22.1 Å². The van der Waals surface area contributed by atoms with Gasteiger partial charge in [0.1, 0.15) is 0 Å². The van der Waals surface area contributed by atoms with Crippen LogP contribution in [0, 0.1) is 11.3 Å². The fourth-order valence-corrected chi connectivity index (χ4v) is 1.47. The molecule has 1 atom stereocenters. The minimum atomic E-state index is 0.185. The SMILES string of the molecule is CC(C)CNC(N)=NCC1(C)CCOC1. The first-order chi connectivity index (χ1) is 7.02. The molecule has 88 valence electrons. The summed E-state index contributed by atoms with van der Waals surface area (Å²) in [7, 11) is 0. The Hall–Kier alpha value is -0.770. The van der Waals surface area contributed by atoms with Gasteiger partial charge in [-0.3, -0.25) is 4.99 Å². The quantitative estimate of drug-likeness (QED) is 0.540. The van der Waals surface area contributed by atoms with Crippen LogP contribution in [-0.4, -0.2) is 32.3 Å². The molecule has 4 heteroatoms. The van der Waals surface area contributed by atoms with Crippen molar-refractivity contribution in [1.29, 1.82) is 0 Å². The van der Waals surface area contributed by atoms with Crippen molar-refractivity contribution < 1.29 is 4.74 Å². The molecule has 4 nitrogen and oxygen atoms in total. The number of nitrogens with zero attached hydrogens (tertiary/aromatic N) is 1. The first-order valence-corrected chi connectivity index (χ1v) is 5.63. The summed E-state index contributed by atoms with van der Waals surface area (Å²) in [6.07, 6.45) is 1.08. The summed E-state index contributed by atoms with van der Waals surface area (Å²) in [6.45, 7) is 9.77. The average molecular weight is 213 g/mol. The summed E-state index contributed by atoms with van der Waals surface area (Å²) >= 11 is 0. The molecule has 3 N–H and O–H groups in total. The highest BCUT2D eigenvalue weighted by atomic mass is 16.5. The first-order valence-electron chi connectivity index (χ1n) is 5.63. The van der Waals surface area contributed by atoms with E-state index in [0.29, 0.717) is 11.9 Å². The minimum absolute atomic E-state index is 0.185. The van der Waals surface area contributed by atoms with Crippen LogP contribution in [0.15, 0.2) is 4.99 Å². The molecule has 1 aliphatic heterocycles. The molecule has 15 heavy (non-hydrogen) atoms. The van der Waals surface area contributed by atoms with Crippen LogP contribution in [0.2, 0.25) is 0 Å². The maximum absolute atomic E-state index is 5.76. The summed E-state index contributed by atoms with van der Waals surface area (Å²) < 4.78 is 5.36. The molecule has 0 aromatic carbocycles. The first kappa shape index (κ1) is 12.3. The molecule has 0 bridgehead atoms. The second kappa shape index (κ2) is 5.35. The molecule has 1 aliphatic rings. The summed E-state index contributed by atoms with van der Waals surface area (Å²) in [4.78, 5) is 4.35. The Bertz CT molecular complexity index is 220. The minimum Gasteiger partial charge on any atom is -0.381 e. The second-order valence-electron chi connectivity index (χ2n) is 5.09. The van der Waals surface area contributed by atoms with Crippen LogP contribution in [0.1, 0.15) is 27.2 Å². The van der Waals surface area contributed by atoms with Crippen molar-refractivity contribution in [1.82, 2.24) is 5.32 Å². The van der Waals surface area contributed by atoms with Crippen LogP contribution in [0.5, 0.6) is 0 Å². The lowest BCUT2D eigenvalue weighted by molar-refractivity contribution is 0.163. The van der Waals surface area contributed by atoms with Crippen LogP contribution >= 0.6 is 0 Å². The monoisotopic (exact) mass is 213 g/mol. The third-order valence-corrected chi connectivity index (χ3v) is 2.62. The van der Waals surface area contributed by atoms with E-state index in [4.69, 9.17) is 10.5 Å². The molecule has 1 rings (SSSR count). The summed E-state index contributed by atoms with van der Waals surface area (Å²) in [5.41, 5.74) is 5.94. The molecule has 1 heterocycles. The zero-order chi connectivity index (χ0) is 11.3. The summed E-state index contributed by atoms with van der Waals surface area (Å²) in [5.74, 6) is 1.14. The Morgan fingerprint density at radius 2 is 2.33 bits per heavy atom. The number of guanidine groups is 1. The standard InChI is InChI=1S/C11H23N3O/c1-9(2)6-13-10(12)14-7-11(3)4-5-15-8-11/h9H,4-8H2,1-3H3,(H3,12,13,14). The Balaban J connectivity index is 2.29. The number of hydrogen-bond donors (Lipinski definition) is 2. The highest BCUT2D eigenvalue weighted by Crippen LogP contribution is 2.27. The van der Waals surface area contributed by atoms with Gasteiger partial charge >= 0.3 is 0 Å². The maximum Gasteiger partial charge on any atom is 0.188 e.